The number of hydrogen-bond donors (Lipinski definition) is 3. The Bertz CT molecular complexity index is 511. The number of carbonyl (C=O) groups excluding carboxylic acids is 1. The third kappa shape index (κ3) is 3.87. The predicted octanol–water partition coefficient (Wildman–Crippen LogP) is 0.569. The summed E-state index contributed by atoms with van der Waals surface area (Å²) in [5, 5.41) is 7.44. The van der Waals surface area contributed by atoms with Crippen molar-refractivity contribution in [2.75, 3.05) is 10.0 Å². The third-order valence-corrected chi connectivity index (χ3v) is 2.32. The first-order valence-corrected chi connectivity index (χ1v) is 6.01. The Morgan fingerprint density at radius 1 is 1.38 bits per heavy atom. The lowest BCUT2D eigenvalue weighted by Crippen LogP contribution is -2.21. The molecular weight excluding hydrogens is 230 g/mol. The molecule has 0 saturated heterocycles. The van der Waals surface area contributed by atoms with Gasteiger partial charge in [-0.1, -0.05) is 0 Å². The molecule has 7 heteroatoms. The van der Waals surface area contributed by atoms with Crippen LogP contribution in [0.15, 0.2) is 18.2 Å². The first kappa shape index (κ1) is 12.5. The fourth-order valence-electron chi connectivity index (χ4n) is 1.22. The van der Waals surface area contributed by atoms with Crippen molar-refractivity contribution >= 4 is 27.5 Å². The van der Waals surface area contributed by atoms with Crippen molar-refractivity contribution in [1.29, 1.82) is 0 Å². The SMILES string of the molecule is CC(=O)Nc1ccc(NS(N)(=O)=O)cc1C. The van der Waals surface area contributed by atoms with Crippen molar-refractivity contribution in [1.82, 2.24) is 0 Å². The van der Waals surface area contributed by atoms with Crippen LogP contribution in [0.5, 0.6) is 0 Å². The van der Waals surface area contributed by atoms with Gasteiger partial charge in [0.15, 0.2) is 0 Å². The molecule has 6 nitrogen and oxygen atoms in total. The average molecular weight is 243 g/mol. The normalized spacial score (nSPS) is 10.9. The minimum absolute atomic E-state index is 0.185. The molecule has 1 rings (SSSR count). The van der Waals surface area contributed by atoms with Crippen LogP contribution in [-0.4, -0.2) is 14.3 Å². The molecule has 0 radical (unpaired) electrons. The van der Waals surface area contributed by atoms with Gasteiger partial charge in [0, 0.05) is 12.6 Å². The first-order chi connectivity index (χ1) is 7.28. The second-order valence-electron chi connectivity index (χ2n) is 3.36. The summed E-state index contributed by atoms with van der Waals surface area (Å²) < 4.78 is 23.7. The zero-order valence-electron chi connectivity index (χ0n) is 8.94. The summed E-state index contributed by atoms with van der Waals surface area (Å²) in [5.74, 6) is -0.185. The molecule has 0 atom stereocenters. The number of rotatable bonds is 3. The van der Waals surface area contributed by atoms with E-state index >= 15 is 0 Å². The maximum absolute atomic E-state index is 10.8. The van der Waals surface area contributed by atoms with Crippen molar-refractivity contribution in [3.63, 3.8) is 0 Å². The maximum atomic E-state index is 10.8. The molecule has 4 N–H and O–H groups in total. The van der Waals surface area contributed by atoms with Gasteiger partial charge in [-0.05, 0) is 30.7 Å². The second kappa shape index (κ2) is 4.50. The average Bonchev–Trinajstić information content (AvgIpc) is 2.06. The van der Waals surface area contributed by atoms with Crippen LogP contribution in [0.3, 0.4) is 0 Å². The highest BCUT2D eigenvalue weighted by atomic mass is 32.2. The number of carbonyl (C=O) groups is 1. The summed E-state index contributed by atoms with van der Waals surface area (Å²) in [4.78, 5) is 10.8. The van der Waals surface area contributed by atoms with Crippen molar-refractivity contribution in [3.05, 3.63) is 23.8 Å². The van der Waals surface area contributed by atoms with Crippen LogP contribution < -0.4 is 15.2 Å². The van der Waals surface area contributed by atoms with Crippen molar-refractivity contribution < 1.29 is 13.2 Å². The van der Waals surface area contributed by atoms with Crippen LogP contribution in [0.4, 0.5) is 11.4 Å². The summed E-state index contributed by atoms with van der Waals surface area (Å²) in [7, 11) is -3.77. The number of nitrogens with one attached hydrogen (secondary N) is 2. The van der Waals surface area contributed by atoms with Crippen LogP contribution in [0.25, 0.3) is 0 Å². The summed E-state index contributed by atoms with van der Waals surface area (Å²) in [6.07, 6.45) is 0. The molecule has 0 heterocycles. The quantitative estimate of drug-likeness (QED) is 0.723. The first-order valence-electron chi connectivity index (χ1n) is 4.47. The van der Waals surface area contributed by atoms with Gasteiger partial charge in [-0.25, -0.2) is 5.14 Å². The maximum Gasteiger partial charge on any atom is 0.296 e. The van der Waals surface area contributed by atoms with E-state index in [-0.39, 0.29) is 5.91 Å². The van der Waals surface area contributed by atoms with Gasteiger partial charge >= 0.3 is 0 Å². The molecule has 0 spiro atoms. The largest absolute Gasteiger partial charge is 0.326 e. The number of anilines is 2. The number of nitrogens with two attached hydrogens (primary N) is 1. The summed E-state index contributed by atoms with van der Waals surface area (Å²) >= 11 is 0. The number of benzene rings is 1. The van der Waals surface area contributed by atoms with Gasteiger partial charge in [0.25, 0.3) is 10.2 Å². The molecule has 0 bridgehead atoms. The molecule has 0 fully saturated rings. The molecule has 1 amide bonds. The van der Waals surface area contributed by atoms with Crippen LogP contribution in [-0.2, 0) is 15.0 Å². The third-order valence-electron chi connectivity index (χ3n) is 1.80. The van der Waals surface area contributed by atoms with Gasteiger partial charge in [0.2, 0.25) is 5.91 Å². The smallest absolute Gasteiger partial charge is 0.296 e. The molecule has 0 aliphatic rings. The number of hydrogen-bond acceptors (Lipinski definition) is 3. The van der Waals surface area contributed by atoms with Crippen molar-refractivity contribution in [2.45, 2.75) is 13.8 Å². The Kier molecular flexibility index (Phi) is 3.51. The summed E-state index contributed by atoms with van der Waals surface area (Å²) in [6.45, 7) is 3.15. The Balaban J connectivity index is 2.95. The summed E-state index contributed by atoms with van der Waals surface area (Å²) in [5.41, 5.74) is 1.73. The van der Waals surface area contributed by atoms with Crippen LogP contribution in [0, 0.1) is 6.92 Å². The highest BCUT2D eigenvalue weighted by Crippen LogP contribution is 2.19. The van der Waals surface area contributed by atoms with Crippen LogP contribution >= 0.6 is 0 Å². The lowest BCUT2D eigenvalue weighted by molar-refractivity contribution is -0.114. The second-order valence-corrected chi connectivity index (χ2v) is 4.65. The van der Waals surface area contributed by atoms with E-state index in [4.69, 9.17) is 5.14 Å². The lowest BCUT2D eigenvalue weighted by atomic mass is 10.2. The van der Waals surface area contributed by atoms with Crippen molar-refractivity contribution in [2.24, 2.45) is 5.14 Å². The zero-order valence-corrected chi connectivity index (χ0v) is 9.76. The van der Waals surface area contributed by atoms with Gasteiger partial charge in [-0.15, -0.1) is 0 Å². The standard InChI is InChI=1S/C9H13N3O3S/c1-6-5-8(12-16(10,14)15)3-4-9(6)11-7(2)13/h3-5,12H,1-2H3,(H,11,13)(H2,10,14,15). The van der Waals surface area contributed by atoms with Gasteiger partial charge < -0.3 is 5.32 Å². The monoisotopic (exact) mass is 243 g/mol. The Morgan fingerprint density at radius 3 is 2.44 bits per heavy atom. The van der Waals surface area contributed by atoms with E-state index in [0.29, 0.717) is 11.4 Å². The molecule has 0 aliphatic carbocycles. The lowest BCUT2D eigenvalue weighted by Gasteiger charge is -2.09. The fraction of sp³-hybridized carbons (Fsp3) is 0.222. The van der Waals surface area contributed by atoms with E-state index < -0.39 is 10.2 Å². The predicted molar refractivity (Wildman–Crippen MR) is 62.2 cm³/mol. The number of aryl methyl sites for hydroxylation is 1. The molecule has 0 unspecified atom stereocenters. The van der Waals surface area contributed by atoms with Crippen molar-refractivity contribution in [3.8, 4) is 0 Å². The van der Waals surface area contributed by atoms with E-state index in [0.717, 1.165) is 5.56 Å². The molecule has 16 heavy (non-hydrogen) atoms. The van der Waals surface area contributed by atoms with Crippen LogP contribution in [0.2, 0.25) is 0 Å². The van der Waals surface area contributed by atoms with Gasteiger partial charge in [0.1, 0.15) is 0 Å². The molecule has 88 valence electrons. The zero-order chi connectivity index (χ0) is 12.3. The fourth-order valence-corrected chi connectivity index (χ4v) is 1.68. The molecule has 0 saturated carbocycles. The summed E-state index contributed by atoms with van der Waals surface area (Å²) in [6, 6.07) is 4.70. The molecule has 1 aromatic carbocycles. The Labute approximate surface area is 94.0 Å². The topological polar surface area (TPSA) is 101 Å². The van der Waals surface area contributed by atoms with Gasteiger partial charge in [-0.3, -0.25) is 9.52 Å². The number of amides is 1. The van der Waals surface area contributed by atoms with E-state index in [1.54, 1.807) is 19.1 Å². The van der Waals surface area contributed by atoms with E-state index in [1.807, 2.05) is 0 Å². The Hall–Kier alpha value is -1.60. The van der Waals surface area contributed by atoms with E-state index in [2.05, 4.69) is 10.0 Å². The van der Waals surface area contributed by atoms with Crippen LogP contribution in [0.1, 0.15) is 12.5 Å². The molecule has 0 aliphatic heterocycles. The molecule has 1 aromatic rings. The van der Waals surface area contributed by atoms with Gasteiger partial charge in [0.05, 0.1) is 5.69 Å². The molecule has 0 aromatic heterocycles. The van der Waals surface area contributed by atoms with Gasteiger partial charge in [-0.2, -0.15) is 8.42 Å². The minimum atomic E-state index is -3.77. The van der Waals surface area contributed by atoms with E-state index in [1.165, 1.54) is 13.0 Å². The highest BCUT2D eigenvalue weighted by Gasteiger charge is 2.05. The van der Waals surface area contributed by atoms with E-state index in [9.17, 15) is 13.2 Å². The Morgan fingerprint density at radius 2 is 2.00 bits per heavy atom. The molecular formula is C9H13N3O3S. The minimum Gasteiger partial charge on any atom is -0.326 e. The highest BCUT2D eigenvalue weighted by molar-refractivity contribution is 7.90.